The van der Waals surface area contributed by atoms with Crippen molar-refractivity contribution in [3.63, 3.8) is 0 Å². The highest BCUT2D eigenvalue weighted by atomic mass is 16.5. The minimum atomic E-state index is 0.0564. The van der Waals surface area contributed by atoms with E-state index in [-0.39, 0.29) is 12.5 Å². The summed E-state index contributed by atoms with van der Waals surface area (Å²) in [6, 6.07) is 0. The molecule has 0 N–H and O–H groups in total. The van der Waals surface area contributed by atoms with Crippen LogP contribution in [0.5, 0.6) is 0 Å². The van der Waals surface area contributed by atoms with E-state index >= 15 is 0 Å². The topological polar surface area (TPSA) is 29.5 Å². The molecule has 0 unspecified atom stereocenters. The summed E-state index contributed by atoms with van der Waals surface area (Å²) in [5, 5.41) is 0. The van der Waals surface area contributed by atoms with Gasteiger partial charge in [0.05, 0.1) is 0 Å². The van der Waals surface area contributed by atoms with Crippen molar-refractivity contribution in [1.29, 1.82) is 0 Å². The third-order valence-electron chi connectivity index (χ3n) is 1.54. The van der Waals surface area contributed by atoms with Gasteiger partial charge in [0.1, 0.15) is 6.61 Å². The Morgan fingerprint density at radius 1 is 1.55 bits per heavy atom. The normalized spacial score (nSPS) is 9.73. The lowest BCUT2D eigenvalue weighted by Crippen LogP contribution is -2.30. The molecule has 3 heteroatoms. The summed E-state index contributed by atoms with van der Waals surface area (Å²) in [6.45, 7) is 3.13. The van der Waals surface area contributed by atoms with E-state index in [0.717, 1.165) is 19.4 Å². The number of unbranched alkanes of at least 4 members (excludes halogenated alkanes) is 1. The van der Waals surface area contributed by atoms with Crippen molar-refractivity contribution in [2.45, 2.75) is 19.8 Å². The van der Waals surface area contributed by atoms with Crippen molar-refractivity contribution in [3.8, 4) is 0 Å². The molecule has 11 heavy (non-hydrogen) atoms. The molecule has 0 spiro atoms. The van der Waals surface area contributed by atoms with Crippen molar-refractivity contribution in [1.82, 2.24) is 4.90 Å². The van der Waals surface area contributed by atoms with Gasteiger partial charge < -0.3 is 9.64 Å². The summed E-state index contributed by atoms with van der Waals surface area (Å²) in [7, 11) is 3.34. The third kappa shape index (κ3) is 4.79. The SMILES string of the molecule is CCCCN(C)C(=O)COC. The average molecular weight is 159 g/mol. The molecular formula is C8H17NO2. The second kappa shape index (κ2) is 6.16. The number of likely N-dealkylation sites (N-methyl/N-ethyl adjacent to an activating group) is 1. The van der Waals surface area contributed by atoms with Crippen LogP contribution in [0.1, 0.15) is 19.8 Å². The Bertz CT molecular complexity index is 115. The van der Waals surface area contributed by atoms with E-state index in [2.05, 4.69) is 6.92 Å². The quantitative estimate of drug-likeness (QED) is 0.596. The monoisotopic (exact) mass is 159 g/mol. The molecule has 0 rings (SSSR count). The Balaban J connectivity index is 3.46. The molecule has 0 fully saturated rings. The van der Waals surface area contributed by atoms with Gasteiger partial charge in [0.25, 0.3) is 0 Å². The van der Waals surface area contributed by atoms with Gasteiger partial charge in [-0.3, -0.25) is 4.79 Å². The number of nitrogens with zero attached hydrogens (tertiary/aromatic N) is 1. The average Bonchev–Trinajstić information content (AvgIpc) is 2.00. The lowest BCUT2D eigenvalue weighted by Gasteiger charge is -2.15. The number of methoxy groups -OCH3 is 1. The maximum Gasteiger partial charge on any atom is 0.248 e. The van der Waals surface area contributed by atoms with Crippen LogP contribution in [-0.2, 0) is 9.53 Å². The summed E-state index contributed by atoms with van der Waals surface area (Å²) < 4.78 is 4.71. The maximum atomic E-state index is 11.0. The fraction of sp³-hybridized carbons (Fsp3) is 0.875. The second-order valence-corrected chi connectivity index (χ2v) is 2.60. The molecule has 0 aliphatic heterocycles. The highest BCUT2D eigenvalue weighted by molar-refractivity contribution is 5.77. The molecule has 0 aromatic heterocycles. The van der Waals surface area contributed by atoms with Gasteiger partial charge in [0.15, 0.2) is 0 Å². The van der Waals surface area contributed by atoms with E-state index in [9.17, 15) is 4.79 Å². The molecule has 0 atom stereocenters. The van der Waals surface area contributed by atoms with Crippen molar-refractivity contribution < 1.29 is 9.53 Å². The molecule has 0 bridgehead atoms. The van der Waals surface area contributed by atoms with Crippen LogP contribution in [0.25, 0.3) is 0 Å². The van der Waals surface area contributed by atoms with Crippen LogP contribution >= 0.6 is 0 Å². The zero-order valence-electron chi connectivity index (χ0n) is 7.59. The predicted molar refractivity (Wildman–Crippen MR) is 44.4 cm³/mol. The van der Waals surface area contributed by atoms with E-state index in [0.29, 0.717) is 0 Å². The number of hydrogen-bond acceptors (Lipinski definition) is 2. The number of ether oxygens (including phenoxy) is 1. The Hall–Kier alpha value is -0.570. The summed E-state index contributed by atoms with van der Waals surface area (Å²) in [5.74, 6) is 0.0564. The smallest absolute Gasteiger partial charge is 0.248 e. The largest absolute Gasteiger partial charge is 0.375 e. The number of hydrogen-bond donors (Lipinski definition) is 0. The number of rotatable bonds is 5. The van der Waals surface area contributed by atoms with E-state index < -0.39 is 0 Å². The van der Waals surface area contributed by atoms with E-state index in [4.69, 9.17) is 4.74 Å². The fourth-order valence-electron chi connectivity index (χ4n) is 0.754. The lowest BCUT2D eigenvalue weighted by atomic mass is 10.3. The van der Waals surface area contributed by atoms with Gasteiger partial charge >= 0.3 is 0 Å². The van der Waals surface area contributed by atoms with Crippen molar-refractivity contribution >= 4 is 5.91 Å². The Morgan fingerprint density at radius 2 is 2.18 bits per heavy atom. The first-order valence-corrected chi connectivity index (χ1v) is 3.95. The first-order chi connectivity index (χ1) is 5.22. The molecule has 0 heterocycles. The van der Waals surface area contributed by atoms with Gasteiger partial charge in [-0.1, -0.05) is 13.3 Å². The standard InChI is InChI=1S/C8H17NO2/c1-4-5-6-9(2)8(10)7-11-3/h4-7H2,1-3H3. The van der Waals surface area contributed by atoms with Gasteiger partial charge in [0, 0.05) is 20.7 Å². The van der Waals surface area contributed by atoms with E-state index in [1.165, 1.54) is 7.11 Å². The Kier molecular flexibility index (Phi) is 5.84. The summed E-state index contributed by atoms with van der Waals surface area (Å²) >= 11 is 0. The molecule has 66 valence electrons. The molecule has 0 saturated heterocycles. The lowest BCUT2D eigenvalue weighted by molar-refractivity contribution is -0.133. The van der Waals surface area contributed by atoms with Crippen LogP contribution in [0.2, 0.25) is 0 Å². The minimum Gasteiger partial charge on any atom is -0.375 e. The summed E-state index contributed by atoms with van der Waals surface area (Å²) in [5.41, 5.74) is 0. The van der Waals surface area contributed by atoms with E-state index in [1.54, 1.807) is 11.9 Å². The number of carbonyl (C=O) groups excluding carboxylic acids is 1. The van der Waals surface area contributed by atoms with Crippen LogP contribution < -0.4 is 0 Å². The molecule has 0 radical (unpaired) electrons. The van der Waals surface area contributed by atoms with Crippen LogP contribution in [0.3, 0.4) is 0 Å². The molecular weight excluding hydrogens is 142 g/mol. The molecule has 1 amide bonds. The van der Waals surface area contributed by atoms with Crippen LogP contribution in [0.4, 0.5) is 0 Å². The number of carbonyl (C=O) groups is 1. The fourth-order valence-corrected chi connectivity index (χ4v) is 0.754. The van der Waals surface area contributed by atoms with Gasteiger partial charge in [0.2, 0.25) is 5.91 Å². The Morgan fingerprint density at radius 3 is 2.64 bits per heavy atom. The second-order valence-electron chi connectivity index (χ2n) is 2.60. The minimum absolute atomic E-state index is 0.0564. The zero-order chi connectivity index (χ0) is 8.69. The summed E-state index contributed by atoms with van der Waals surface area (Å²) in [4.78, 5) is 12.8. The molecule has 0 aliphatic rings. The van der Waals surface area contributed by atoms with Gasteiger partial charge in [-0.25, -0.2) is 0 Å². The van der Waals surface area contributed by atoms with Gasteiger partial charge in [-0.15, -0.1) is 0 Å². The van der Waals surface area contributed by atoms with Gasteiger partial charge in [-0.2, -0.15) is 0 Å². The third-order valence-corrected chi connectivity index (χ3v) is 1.54. The molecule has 0 aromatic rings. The molecule has 0 aromatic carbocycles. The maximum absolute atomic E-state index is 11.0. The highest BCUT2D eigenvalue weighted by Crippen LogP contribution is 1.92. The van der Waals surface area contributed by atoms with Gasteiger partial charge in [-0.05, 0) is 6.42 Å². The highest BCUT2D eigenvalue weighted by Gasteiger charge is 2.05. The predicted octanol–water partition coefficient (Wildman–Crippen LogP) is 0.891. The molecule has 0 saturated carbocycles. The van der Waals surface area contributed by atoms with E-state index in [1.807, 2.05) is 0 Å². The van der Waals surface area contributed by atoms with Crippen molar-refractivity contribution in [3.05, 3.63) is 0 Å². The first-order valence-electron chi connectivity index (χ1n) is 3.95. The van der Waals surface area contributed by atoms with Crippen LogP contribution in [0.15, 0.2) is 0 Å². The van der Waals surface area contributed by atoms with Crippen molar-refractivity contribution in [2.24, 2.45) is 0 Å². The Labute approximate surface area is 68.3 Å². The zero-order valence-corrected chi connectivity index (χ0v) is 7.59. The number of amides is 1. The first kappa shape index (κ1) is 10.4. The van der Waals surface area contributed by atoms with Crippen molar-refractivity contribution in [2.75, 3.05) is 27.3 Å². The molecule has 0 aliphatic carbocycles. The van der Waals surface area contributed by atoms with Crippen LogP contribution in [0, 0.1) is 0 Å². The summed E-state index contributed by atoms with van der Waals surface area (Å²) in [6.07, 6.45) is 2.18. The molecule has 3 nitrogen and oxygen atoms in total. The van der Waals surface area contributed by atoms with Crippen LogP contribution in [-0.4, -0.2) is 38.1 Å².